The molecule has 3 fully saturated rings. The van der Waals surface area contributed by atoms with E-state index >= 15 is 0 Å². The predicted molar refractivity (Wildman–Crippen MR) is 250 cm³/mol. The molecule has 0 unspecified atom stereocenters. The molecule has 1 aliphatic carbocycles. The smallest absolute Gasteiger partial charge is 0.243 e. The maximum atomic E-state index is 14.3. The van der Waals surface area contributed by atoms with E-state index in [1.165, 1.54) is 4.90 Å². The molecule has 344 valence electrons. The average Bonchev–Trinajstić information content (AvgIpc) is 4.12. The number of aliphatic hydroxyl groups is 1. The molecule has 2 amide bonds. The second-order valence-corrected chi connectivity index (χ2v) is 18.7. The van der Waals surface area contributed by atoms with Gasteiger partial charge in [-0.1, -0.05) is 67.2 Å². The lowest BCUT2D eigenvalue weighted by atomic mass is 9.91. The van der Waals surface area contributed by atoms with Crippen molar-refractivity contribution >= 4 is 40.6 Å². The first-order chi connectivity index (χ1) is 31.9. The van der Waals surface area contributed by atoms with Gasteiger partial charge >= 0.3 is 0 Å². The number of aromatic hydroxyl groups is 1. The summed E-state index contributed by atoms with van der Waals surface area (Å²) in [7, 11) is 0. The fourth-order valence-corrected chi connectivity index (χ4v) is 9.90. The maximum absolute atomic E-state index is 14.3. The average molecular weight is 914 g/mol. The van der Waals surface area contributed by atoms with Crippen molar-refractivity contribution in [1.29, 1.82) is 0 Å². The summed E-state index contributed by atoms with van der Waals surface area (Å²) >= 11 is 1.59. The van der Waals surface area contributed by atoms with E-state index in [4.69, 9.17) is 19.7 Å². The van der Waals surface area contributed by atoms with Crippen LogP contribution < -0.4 is 16.0 Å². The SMILES string of the molecule is Cc1ncsc1-c1ccc([C@H](C)NC(=O)[C@@H]2C[C@@H](O)CN2C(=O)[C@H](c2cc(N3CCC(OC4CC(OCC#Cc5cn6cc(-c7ccccc7O)nc6nc5N)C4)CC3)no2)C(C)C)cc1. The van der Waals surface area contributed by atoms with Gasteiger partial charge in [-0.2, -0.15) is 4.98 Å². The van der Waals surface area contributed by atoms with Crippen molar-refractivity contribution in [2.75, 3.05) is 36.9 Å². The van der Waals surface area contributed by atoms with E-state index < -0.39 is 18.1 Å². The number of piperidine rings is 1. The monoisotopic (exact) mass is 913 g/mol. The molecule has 4 atom stereocenters. The van der Waals surface area contributed by atoms with E-state index in [0.29, 0.717) is 34.2 Å². The van der Waals surface area contributed by atoms with Crippen molar-refractivity contribution < 1.29 is 33.8 Å². The minimum Gasteiger partial charge on any atom is -0.507 e. The van der Waals surface area contributed by atoms with Gasteiger partial charge in [-0.3, -0.25) is 14.0 Å². The number of aryl methyl sites for hydroxylation is 1. The number of para-hydroxylation sites is 1. The zero-order valence-corrected chi connectivity index (χ0v) is 38.3. The zero-order chi connectivity index (χ0) is 46.1. The first kappa shape index (κ1) is 44.9. The van der Waals surface area contributed by atoms with Gasteiger partial charge in [0, 0.05) is 62.9 Å². The number of amides is 2. The van der Waals surface area contributed by atoms with Gasteiger partial charge in [-0.15, -0.1) is 11.3 Å². The zero-order valence-electron chi connectivity index (χ0n) is 37.5. The van der Waals surface area contributed by atoms with Gasteiger partial charge < -0.3 is 45.1 Å². The van der Waals surface area contributed by atoms with Crippen LogP contribution in [-0.4, -0.2) is 108 Å². The molecule has 16 nitrogen and oxygen atoms in total. The number of nitrogens with two attached hydrogens (primary N) is 1. The van der Waals surface area contributed by atoms with Gasteiger partial charge in [-0.25, -0.2) is 9.97 Å². The lowest BCUT2D eigenvalue weighted by Crippen LogP contribution is -2.48. The Morgan fingerprint density at radius 1 is 1.02 bits per heavy atom. The van der Waals surface area contributed by atoms with Crippen molar-refractivity contribution in [3.05, 3.63) is 95.1 Å². The second-order valence-electron chi connectivity index (χ2n) is 17.9. The summed E-state index contributed by atoms with van der Waals surface area (Å²) in [6, 6.07) is 15.8. The Labute approximate surface area is 387 Å². The van der Waals surface area contributed by atoms with Crippen LogP contribution in [0.3, 0.4) is 0 Å². The highest BCUT2D eigenvalue weighted by Crippen LogP contribution is 2.35. The van der Waals surface area contributed by atoms with Gasteiger partial charge in [0.2, 0.25) is 17.6 Å². The van der Waals surface area contributed by atoms with E-state index in [0.717, 1.165) is 60.5 Å². The van der Waals surface area contributed by atoms with E-state index in [2.05, 4.69) is 42.2 Å². The third-order valence-electron chi connectivity index (χ3n) is 12.9. The van der Waals surface area contributed by atoms with Crippen LogP contribution >= 0.6 is 11.3 Å². The van der Waals surface area contributed by atoms with Crippen LogP contribution in [0, 0.1) is 24.7 Å². The third-order valence-corrected chi connectivity index (χ3v) is 13.8. The van der Waals surface area contributed by atoms with Crippen molar-refractivity contribution in [1.82, 2.24) is 34.7 Å². The van der Waals surface area contributed by atoms with E-state index in [-0.39, 0.29) is 73.2 Å². The number of imidazole rings is 1. The Kier molecular flexibility index (Phi) is 13.1. The van der Waals surface area contributed by atoms with Gasteiger partial charge in [-0.05, 0) is 55.9 Å². The fraction of sp³-hybridized carbons (Fsp3) is 0.429. The molecule has 3 aliphatic rings. The number of aliphatic hydroxyl groups excluding tert-OH is 1. The number of phenolic OH excluding ortho intramolecular Hbond substituents is 1. The van der Waals surface area contributed by atoms with Crippen LogP contribution in [0.25, 0.3) is 27.5 Å². The van der Waals surface area contributed by atoms with Crippen LogP contribution in [0.4, 0.5) is 11.6 Å². The number of hydrogen-bond donors (Lipinski definition) is 4. The van der Waals surface area contributed by atoms with E-state index in [1.807, 2.05) is 69.6 Å². The van der Waals surface area contributed by atoms with Gasteiger partial charge in [0.1, 0.15) is 30.1 Å². The number of carbonyl (C=O) groups is 2. The number of fused-ring (bicyclic) bond motifs is 1. The van der Waals surface area contributed by atoms with Crippen molar-refractivity contribution in [3.8, 4) is 39.3 Å². The molecular weight excluding hydrogens is 859 g/mol. The molecule has 0 bridgehead atoms. The number of likely N-dealkylation sites (tertiary alicyclic amines) is 1. The topological polar surface area (TPSA) is 207 Å². The number of anilines is 2. The lowest BCUT2D eigenvalue weighted by Gasteiger charge is -2.39. The van der Waals surface area contributed by atoms with Crippen LogP contribution in [-0.2, 0) is 19.1 Å². The molecule has 0 spiro atoms. The number of benzene rings is 2. The quantitative estimate of drug-likeness (QED) is 0.0945. The number of nitrogen functional groups attached to an aromatic ring is 1. The fourth-order valence-electron chi connectivity index (χ4n) is 9.09. The summed E-state index contributed by atoms with van der Waals surface area (Å²) in [5, 5.41) is 28.4. The molecule has 5 N–H and O–H groups in total. The van der Waals surface area contributed by atoms with Crippen molar-refractivity contribution in [2.45, 2.75) is 102 Å². The summed E-state index contributed by atoms with van der Waals surface area (Å²) in [5.41, 5.74) is 12.8. The number of phenols is 1. The largest absolute Gasteiger partial charge is 0.507 e. The summed E-state index contributed by atoms with van der Waals surface area (Å²) in [4.78, 5) is 46.0. The Morgan fingerprint density at radius 2 is 1.79 bits per heavy atom. The predicted octanol–water partition coefficient (Wildman–Crippen LogP) is 6.27. The molecule has 66 heavy (non-hydrogen) atoms. The van der Waals surface area contributed by atoms with Crippen LogP contribution in [0.1, 0.15) is 87.4 Å². The molecule has 4 aromatic heterocycles. The van der Waals surface area contributed by atoms with Crippen LogP contribution in [0.15, 0.2) is 77.0 Å². The number of rotatable bonds is 13. The molecule has 2 saturated heterocycles. The molecule has 1 saturated carbocycles. The molecule has 0 radical (unpaired) electrons. The molecule has 6 aromatic rings. The molecule has 2 aliphatic heterocycles. The minimum absolute atomic E-state index is 0.0663. The number of nitrogens with one attached hydrogen (secondary N) is 1. The number of nitrogens with zero attached hydrogens (tertiary/aromatic N) is 7. The van der Waals surface area contributed by atoms with Gasteiger partial charge in [0.25, 0.3) is 0 Å². The second kappa shape index (κ2) is 19.3. The first-order valence-electron chi connectivity index (χ1n) is 22.6. The highest BCUT2D eigenvalue weighted by Gasteiger charge is 2.44. The number of β-amino-alcohol motifs (C(OH)–C–C–N with tert-alkyl or cyclic N) is 1. The van der Waals surface area contributed by atoms with Crippen molar-refractivity contribution in [3.63, 3.8) is 0 Å². The molecule has 9 rings (SSSR count). The number of hydrogen-bond acceptors (Lipinski definition) is 14. The van der Waals surface area contributed by atoms with E-state index in [1.54, 1.807) is 46.3 Å². The first-order valence-corrected chi connectivity index (χ1v) is 23.5. The Morgan fingerprint density at radius 3 is 2.52 bits per heavy atom. The normalized spacial score (nSPS) is 20.8. The summed E-state index contributed by atoms with van der Waals surface area (Å²) in [6.45, 7) is 9.57. The standard InChI is InChI=1S/C49H55N9O7S/c1-28(2)44(48(62)58-25-34(59)20-40(58)47(61)52-29(3)31-11-13-32(14-12-31)45-30(4)51-27-66-45)42-23-43(55-65-42)56-17-15-35(16-18-56)64-37-21-36(22-37)63-19-7-8-33-24-57-26-39(53-49(57)54-46(33)50)38-9-5-6-10-41(38)60/h5-6,9-14,23-24,26-29,34-37,40,44,59-60H,15-22,25H2,1-4H3,(H,52,61)(H2,50,53,54)/t29-,34+,36?,37?,40-,44-/m0/s1. The summed E-state index contributed by atoms with van der Waals surface area (Å²) < 4.78 is 20.1. The molecule has 6 heterocycles. The minimum atomic E-state index is -0.816. The maximum Gasteiger partial charge on any atom is 0.243 e. The Bertz CT molecular complexity index is 2740. The number of aromatic nitrogens is 5. The Balaban J connectivity index is 0.727. The number of ether oxygens (including phenoxy) is 2. The van der Waals surface area contributed by atoms with Crippen LogP contribution in [0.5, 0.6) is 5.75 Å². The Hall–Kier alpha value is -6.32. The highest BCUT2D eigenvalue weighted by molar-refractivity contribution is 7.13. The highest BCUT2D eigenvalue weighted by atomic mass is 32.1. The number of thiazole rings is 1. The van der Waals surface area contributed by atoms with Gasteiger partial charge in [0.15, 0.2) is 11.6 Å². The van der Waals surface area contributed by atoms with Crippen molar-refractivity contribution in [2.24, 2.45) is 5.92 Å². The summed E-state index contributed by atoms with van der Waals surface area (Å²) in [5.74, 6) is 6.66. The molecular formula is C49H55N9O7S. The van der Waals surface area contributed by atoms with Gasteiger partial charge in [0.05, 0.1) is 57.8 Å². The van der Waals surface area contributed by atoms with E-state index in [9.17, 15) is 19.8 Å². The summed E-state index contributed by atoms with van der Waals surface area (Å²) in [6.07, 6.45) is 6.46. The number of carbonyl (C=O) groups excluding carboxylic acids is 2. The third kappa shape index (κ3) is 9.64. The molecule has 17 heteroatoms. The molecule has 2 aromatic carbocycles. The van der Waals surface area contributed by atoms with Crippen LogP contribution in [0.2, 0.25) is 0 Å². The lowest BCUT2D eigenvalue weighted by molar-refractivity contribution is -0.141.